The van der Waals surface area contributed by atoms with E-state index in [1.807, 2.05) is 6.07 Å². The number of carbonyl (C=O) groups excluding carboxylic acids is 1. The molecule has 0 heterocycles. The molecule has 1 aromatic carbocycles. The molecule has 0 aromatic heterocycles. The van der Waals surface area contributed by atoms with Crippen molar-refractivity contribution >= 4 is 18.6 Å². The summed E-state index contributed by atoms with van der Waals surface area (Å²) in [6.45, 7) is 0.122. The maximum Gasteiger partial charge on any atom is 0.338 e. The minimum atomic E-state index is -0.423. The third-order valence-electron chi connectivity index (χ3n) is 1.39. The molecule has 2 N–H and O–H groups in total. The molecule has 13 heavy (non-hydrogen) atoms. The Morgan fingerprint density at radius 2 is 2.08 bits per heavy atom. The zero-order valence-electron chi connectivity index (χ0n) is 7.01. The molecule has 1 aromatic rings. The van der Waals surface area contributed by atoms with Gasteiger partial charge in [-0.1, -0.05) is 18.2 Å². The molecule has 3 nitrogen and oxygen atoms in total. The summed E-state index contributed by atoms with van der Waals surface area (Å²) in [5.41, 5.74) is 5.83. The number of thiol groups is 1. The van der Waals surface area contributed by atoms with E-state index >= 15 is 0 Å². The Labute approximate surface area is 82.3 Å². The van der Waals surface area contributed by atoms with Gasteiger partial charge in [0.05, 0.1) is 10.9 Å². The fourth-order valence-corrected chi connectivity index (χ4v) is 0.893. The quantitative estimate of drug-likeness (QED) is 0.433. The zero-order chi connectivity index (χ0) is 9.68. The van der Waals surface area contributed by atoms with E-state index < -0.39 is 5.37 Å². The molecule has 0 amide bonds. The van der Waals surface area contributed by atoms with Gasteiger partial charge in [0.25, 0.3) is 0 Å². The molecular formula is C9H11NO2S. The molecule has 70 valence electrons. The van der Waals surface area contributed by atoms with Crippen LogP contribution in [0.25, 0.3) is 0 Å². The van der Waals surface area contributed by atoms with Gasteiger partial charge in [0.15, 0.2) is 0 Å². The summed E-state index contributed by atoms with van der Waals surface area (Å²) < 4.78 is 4.85. The summed E-state index contributed by atoms with van der Waals surface area (Å²) in [5.74, 6) is -0.370. The van der Waals surface area contributed by atoms with Crippen molar-refractivity contribution in [3.63, 3.8) is 0 Å². The lowest BCUT2D eigenvalue weighted by atomic mass is 10.2. The number of benzene rings is 1. The highest BCUT2D eigenvalue weighted by Gasteiger charge is 2.06. The number of ether oxygens (including phenoxy) is 1. The van der Waals surface area contributed by atoms with Crippen LogP contribution in [0.5, 0.6) is 0 Å². The van der Waals surface area contributed by atoms with Crippen molar-refractivity contribution in [2.75, 3.05) is 6.61 Å². The third kappa shape index (κ3) is 3.48. The van der Waals surface area contributed by atoms with E-state index in [1.54, 1.807) is 24.3 Å². The molecule has 0 aliphatic carbocycles. The smallest absolute Gasteiger partial charge is 0.338 e. The van der Waals surface area contributed by atoms with Crippen LogP contribution in [0.3, 0.4) is 0 Å². The summed E-state index contributed by atoms with van der Waals surface area (Å²) in [6.07, 6.45) is 0. The van der Waals surface area contributed by atoms with Crippen molar-refractivity contribution in [1.29, 1.82) is 0 Å². The molecule has 0 saturated heterocycles. The van der Waals surface area contributed by atoms with E-state index in [1.165, 1.54) is 0 Å². The molecule has 0 spiro atoms. The van der Waals surface area contributed by atoms with Gasteiger partial charge in [-0.15, -0.1) is 0 Å². The van der Waals surface area contributed by atoms with Crippen LogP contribution >= 0.6 is 12.6 Å². The summed E-state index contributed by atoms with van der Waals surface area (Å²) in [5, 5.41) is -0.423. The Balaban J connectivity index is 2.50. The van der Waals surface area contributed by atoms with Crippen molar-refractivity contribution < 1.29 is 9.53 Å². The first-order chi connectivity index (χ1) is 6.20. The molecule has 0 aliphatic heterocycles. The first-order valence-electron chi connectivity index (χ1n) is 3.86. The van der Waals surface area contributed by atoms with Crippen LogP contribution in [0.1, 0.15) is 10.4 Å². The van der Waals surface area contributed by atoms with Crippen LogP contribution in [0, 0.1) is 0 Å². The summed E-state index contributed by atoms with van der Waals surface area (Å²) in [7, 11) is 0. The normalized spacial score (nSPS) is 12.2. The summed E-state index contributed by atoms with van der Waals surface area (Å²) in [6, 6.07) is 8.76. The predicted octanol–water partition coefficient (Wildman–Crippen LogP) is 1.06. The van der Waals surface area contributed by atoms with Crippen molar-refractivity contribution in [3.05, 3.63) is 35.9 Å². The number of esters is 1. The van der Waals surface area contributed by atoms with E-state index in [9.17, 15) is 4.79 Å². The number of rotatable bonds is 3. The van der Waals surface area contributed by atoms with Crippen LogP contribution in [0.15, 0.2) is 30.3 Å². The van der Waals surface area contributed by atoms with Gasteiger partial charge in [-0.25, -0.2) is 4.79 Å². The third-order valence-corrected chi connectivity index (χ3v) is 1.54. The van der Waals surface area contributed by atoms with Gasteiger partial charge < -0.3 is 10.5 Å². The highest BCUT2D eigenvalue weighted by atomic mass is 32.1. The minimum absolute atomic E-state index is 0.122. The van der Waals surface area contributed by atoms with Crippen LogP contribution in [0.2, 0.25) is 0 Å². The van der Waals surface area contributed by atoms with Crippen LogP contribution in [-0.2, 0) is 4.74 Å². The van der Waals surface area contributed by atoms with Crippen LogP contribution in [0.4, 0.5) is 0 Å². The van der Waals surface area contributed by atoms with Gasteiger partial charge in [-0.05, 0) is 12.1 Å². The van der Waals surface area contributed by atoms with Gasteiger partial charge in [0, 0.05) is 0 Å². The first-order valence-corrected chi connectivity index (χ1v) is 4.37. The average molecular weight is 197 g/mol. The number of carbonyl (C=O) groups is 1. The number of hydrogen-bond acceptors (Lipinski definition) is 4. The largest absolute Gasteiger partial charge is 0.460 e. The zero-order valence-corrected chi connectivity index (χ0v) is 7.91. The van der Waals surface area contributed by atoms with Crippen LogP contribution < -0.4 is 5.73 Å². The molecule has 1 atom stereocenters. The molecule has 0 saturated carbocycles. The standard InChI is InChI=1S/C9H11NO2S/c10-8(13)6-12-9(11)7-4-2-1-3-5-7/h1-5,8,13H,6,10H2. The van der Waals surface area contributed by atoms with E-state index in [2.05, 4.69) is 12.6 Å². The molecule has 1 rings (SSSR count). The number of nitrogens with two attached hydrogens (primary N) is 1. The maximum absolute atomic E-state index is 11.2. The fraction of sp³-hybridized carbons (Fsp3) is 0.222. The highest BCUT2D eigenvalue weighted by molar-refractivity contribution is 7.80. The Morgan fingerprint density at radius 3 is 2.62 bits per heavy atom. The number of hydrogen-bond donors (Lipinski definition) is 2. The summed E-state index contributed by atoms with van der Waals surface area (Å²) >= 11 is 3.89. The second-order valence-corrected chi connectivity index (χ2v) is 3.20. The monoisotopic (exact) mass is 197 g/mol. The van der Waals surface area contributed by atoms with E-state index in [4.69, 9.17) is 10.5 Å². The Morgan fingerprint density at radius 1 is 1.46 bits per heavy atom. The Kier molecular flexibility index (Phi) is 3.79. The van der Waals surface area contributed by atoms with Crippen molar-refractivity contribution in [3.8, 4) is 0 Å². The lowest BCUT2D eigenvalue weighted by Crippen LogP contribution is -2.21. The predicted molar refractivity (Wildman–Crippen MR) is 53.7 cm³/mol. The topological polar surface area (TPSA) is 52.3 Å². The van der Waals surface area contributed by atoms with E-state index in [0.29, 0.717) is 5.56 Å². The van der Waals surface area contributed by atoms with Gasteiger partial charge in [0.1, 0.15) is 6.61 Å². The first kappa shape index (κ1) is 10.1. The molecule has 0 aliphatic rings. The van der Waals surface area contributed by atoms with Gasteiger partial charge in [-0.3, -0.25) is 0 Å². The molecule has 0 bridgehead atoms. The average Bonchev–Trinajstić information content (AvgIpc) is 2.15. The lowest BCUT2D eigenvalue weighted by Gasteiger charge is -2.05. The van der Waals surface area contributed by atoms with E-state index in [0.717, 1.165) is 0 Å². The minimum Gasteiger partial charge on any atom is -0.460 e. The Hall–Kier alpha value is -1.00. The highest BCUT2D eigenvalue weighted by Crippen LogP contribution is 2.01. The second-order valence-electron chi connectivity index (χ2n) is 2.53. The maximum atomic E-state index is 11.2. The lowest BCUT2D eigenvalue weighted by molar-refractivity contribution is 0.0508. The molecular weight excluding hydrogens is 186 g/mol. The Bertz CT molecular complexity index is 274. The molecule has 4 heteroatoms. The van der Waals surface area contributed by atoms with Crippen molar-refractivity contribution in [1.82, 2.24) is 0 Å². The SMILES string of the molecule is NC(S)COC(=O)c1ccccc1. The molecule has 1 unspecified atom stereocenters. The van der Waals surface area contributed by atoms with E-state index in [-0.39, 0.29) is 12.6 Å². The van der Waals surface area contributed by atoms with Crippen molar-refractivity contribution in [2.45, 2.75) is 5.37 Å². The van der Waals surface area contributed by atoms with Crippen LogP contribution in [-0.4, -0.2) is 18.0 Å². The van der Waals surface area contributed by atoms with Crippen molar-refractivity contribution in [2.24, 2.45) is 5.73 Å². The molecule has 0 radical (unpaired) electrons. The van der Waals surface area contributed by atoms with Gasteiger partial charge >= 0.3 is 5.97 Å². The molecule has 0 fully saturated rings. The fourth-order valence-electron chi connectivity index (χ4n) is 0.819. The van der Waals surface area contributed by atoms with Gasteiger partial charge in [0.2, 0.25) is 0 Å². The summed E-state index contributed by atoms with van der Waals surface area (Å²) in [4.78, 5) is 11.2. The second kappa shape index (κ2) is 4.89. The van der Waals surface area contributed by atoms with Gasteiger partial charge in [-0.2, -0.15) is 12.6 Å².